The Morgan fingerprint density at radius 2 is 1.91 bits per heavy atom. The van der Waals surface area contributed by atoms with Gasteiger partial charge in [0.15, 0.2) is 0 Å². The molecule has 1 aromatic carbocycles. The molecule has 2 nitrogen and oxygen atoms in total. The van der Waals surface area contributed by atoms with Crippen molar-refractivity contribution < 1.29 is 4.79 Å². The molecule has 0 N–H and O–H groups in total. The normalized spacial score (nSPS) is 22.7. The average molecular weight is 315 g/mol. The molecule has 0 atom stereocenters. The van der Waals surface area contributed by atoms with E-state index in [-0.39, 0.29) is 10.8 Å². The second kappa shape index (κ2) is 6.91. The van der Waals surface area contributed by atoms with Gasteiger partial charge in [0.05, 0.1) is 5.54 Å². The van der Waals surface area contributed by atoms with Gasteiger partial charge in [-0.15, -0.1) is 0 Å². The number of carbonyl (C=O) groups excluding carboxylic acids is 1. The van der Waals surface area contributed by atoms with Crippen molar-refractivity contribution in [1.82, 2.24) is 4.90 Å². The third-order valence-electron chi connectivity index (χ3n) is 4.91. The van der Waals surface area contributed by atoms with Crippen LogP contribution in [0.4, 0.5) is 4.79 Å². The molecule has 0 unspecified atom stereocenters. The van der Waals surface area contributed by atoms with E-state index in [1.54, 1.807) is 0 Å². The van der Waals surface area contributed by atoms with Gasteiger partial charge in [-0.2, -0.15) is 0 Å². The largest absolute Gasteiger partial charge is 0.323 e. The van der Waals surface area contributed by atoms with E-state index < -0.39 is 0 Å². The lowest BCUT2D eigenvalue weighted by molar-refractivity contribution is 0.133. The van der Waals surface area contributed by atoms with Gasteiger partial charge in [0, 0.05) is 11.4 Å². The number of hydrogen-bond donors (Lipinski definition) is 0. The predicted molar refractivity (Wildman–Crippen MR) is 94.8 cm³/mol. The van der Waals surface area contributed by atoms with Crippen molar-refractivity contribution in [2.75, 3.05) is 6.54 Å². The van der Waals surface area contributed by atoms with Gasteiger partial charge < -0.3 is 4.90 Å². The molecule has 118 valence electrons. The lowest BCUT2D eigenvalue weighted by Gasteiger charge is -2.41. The van der Waals surface area contributed by atoms with Crippen LogP contribution in [-0.2, 0) is 0 Å². The zero-order chi connectivity index (χ0) is 15.4. The highest BCUT2D eigenvalue weighted by atomic mass is 32.2. The summed E-state index contributed by atoms with van der Waals surface area (Å²) >= 11 is 1.47. The van der Waals surface area contributed by atoms with E-state index in [0.717, 1.165) is 32.2 Å². The maximum absolute atomic E-state index is 12.6. The lowest BCUT2D eigenvalue weighted by Crippen LogP contribution is -2.48. The molecule has 1 heterocycles. The number of amides is 1. The van der Waals surface area contributed by atoms with Gasteiger partial charge in [0.1, 0.15) is 0 Å². The molecule has 0 radical (unpaired) electrons. The molecule has 1 saturated heterocycles. The van der Waals surface area contributed by atoms with E-state index in [1.807, 2.05) is 6.07 Å². The molecule has 1 spiro atoms. The fourth-order valence-electron chi connectivity index (χ4n) is 3.69. The minimum absolute atomic E-state index is 0.00892. The number of hydrogen-bond acceptors (Lipinski definition) is 2. The van der Waals surface area contributed by atoms with Crippen LogP contribution in [0.2, 0.25) is 0 Å². The van der Waals surface area contributed by atoms with Crippen LogP contribution in [0.25, 0.3) is 6.08 Å². The Bertz CT molecular complexity index is 546. The molecule has 2 aliphatic rings. The van der Waals surface area contributed by atoms with E-state index in [9.17, 15) is 4.79 Å². The van der Waals surface area contributed by atoms with E-state index >= 15 is 0 Å². The third-order valence-corrected chi connectivity index (χ3v) is 6.02. The number of unbranched alkanes of at least 4 members (excludes halogenated alkanes) is 1. The Kier molecular flexibility index (Phi) is 4.92. The Morgan fingerprint density at radius 1 is 1.18 bits per heavy atom. The van der Waals surface area contributed by atoms with E-state index in [4.69, 9.17) is 0 Å². The maximum atomic E-state index is 12.6. The Balaban J connectivity index is 1.94. The maximum Gasteiger partial charge on any atom is 0.286 e. The summed E-state index contributed by atoms with van der Waals surface area (Å²) in [5, 5.41) is 0.262. The van der Waals surface area contributed by atoms with Crippen LogP contribution in [0.15, 0.2) is 35.2 Å². The predicted octanol–water partition coefficient (Wildman–Crippen LogP) is 5.70. The van der Waals surface area contributed by atoms with Crippen LogP contribution in [0.5, 0.6) is 0 Å². The number of benzene rings is 1. The summed E-state index contributed by atoms with van der Waals surface area (Å²) in [5.41, 5.74) is 1.20. The number of thioether (sulfide) groups is 1. The monoisotopic (exact) mass is 315 g/mol. The molecule has 0 bridgehead atoms. The smallest absolute Gasteiger partial charge is 0.286 e. The Hall–Kier alpha value is -1.22. The van der Waals surface area contributed by atoms with Crippen molar-refractivity contribution in [2.24, 2.45) is 0 Å². The first-order valence-corrected chi connectivity index (χ1v) is 9.34. The molecule has 1 aliphatic heterocycles. The van der Waals surface area contributed by atoms with Crippen molar-refractivity contribution in [1.29, 1.82) is 0 Å². The highest BCUT2D eigenvalue weighted by molar-refractivity contribution is 8.17. The minimum atomic E-state index is -0.00892. The molecule has 1 saturated carbocycles. The Labute approximate surface area is 138 Å². The molecule has 2 fully saturated rings. The molecule has 22 heavy (non-hydrogen) atoms. The van der Waals surface area contributed by atoms with Gasteiger partial charge in [-0.05, 0) is 42.7 Å². The number of rotatable bonds is 4. The van der Waals surface area contributed by atoms with E-state index in [2.05, 4.69) is 42.2 Å². The summed E-state index contributed by atoms with van der Waals surface area (Å²) in [6.45, 7) is 3.11. The fourth-order valence-corrected chi connectivity index (χ4v) is 4.95. The van der Waals surface area contributed by atoms with E-state index in [0.29, 0.717) is 0 Å². The van der Waals surface area contributed by atoms with Crippen molar-refractivity contribution in [3.8, 4) is 0 Å². The zero-order valence-corrected chi connectivity index (χ0v) is 14.2. The molecule has 1 aliphatic carbocycles. The van der Waals surface area contributed by atoms with Crippen LogP contribution in [0, 0.1) is 0 Å². The summed E-state index contributed by atoms with van der Waals surface area (Å²) in [7, 11) is 0. The number of carbonyl (C=O) groups is 1. The van der Waals surface area contributed by atoms with E-state index in [1.165, 1.54) is 41.5 Å². The van der Waals surface area contributed by atoms with Gasteiger partial charge in [0.25, 0.3) is 5.24 Å². The van der Waals surface area contributed by atoms with Gasteiger partial charge >= 0.3 is 0 Å². The summed E-state index contributed by atoms with van der Waals surface area (Å²) in [5.74, 6) is 0. The average Bonchev–Trinajstić information content (AvgIpc) is 2.79. The van der Waals surface area contributed by atoms with Crippen molar-refractivity contribution in [3.05, 3.63) is 40.8 Å². The van der Waals surface area contributed by atoms with Crippen LogP contribution in [0.1, 0.15) is 57.4 Å². The topological polar surface area (TPSA) is 20.3 Å². The first-order chi connectivity index (χ1) is 10.8. The second-order valence-corrected chi connectivity index (χ2v) is 7.38. The van der Waals surface area contributed by atoms with Crippen LogP contribution in [0.3, 0.4) is 0 Å². The standard InChI is InChI=1S/C19H25NOS/c1-2-3-14-20-18(21)22-17(15-16-10-6-4-7-11-16)19(20)12-8-5-9-13-19/h4,6-7,10-11,15H,2-3,5,8-9,12-14H2,1H3/b17-15-. The van der Waals surface area contributed by atoms with Crippen LogP contribution in [-0.4, -0.2) is 22.2 Å². The first kappa shape index (κ1) is 15.7. The molecule has 3 rings (SSSR count). The SMILES string of the molecule is CCCCN1C(=O)S/C(=C\c2ccccc2)C12CCCCC2. The summed E-state index contributed by atoms with van der Waals surface area (Å²) in [6, 6.07) is 10.4. The van der Waals surface area contributed by atoms with Crippen molar-refractivity contribution in [3.63, 3.8) is 0 Å². The second-order valence-electron chi connectivity index (χ2n) is 6.38. The highest BCUT2D eigenvalue weighted by Crippen LogP contribution is 2.51. The third kappa shape index (κ3) is 2.96. The van der Waals surface area contributed by atoms with Crippen LogP contribution < -0.4 is 0 Å². The minimum Gasteiger partial charge on any atom is -0.323 e. The van der Waals surface area contributed by atoms with Gasteiger partial charge in [-0.25, -0.2) is 0 Å². The molecule has 1 amide bonds. The van der Waals surface area contributed by atoms with Gasteiger partial charge in [-0.1, -0.05) is 62.9 Å². The molecule has 0 aromatic heterocycles. The van der Waals surface area contributed by atoms with Crippen LogP contribution >= 0.6 is 11.8 Å². The quantitative estimate of drug-likeness (QED) is 0.710. The molecular formula is C19H25NOS. The van der Waals surface area contributed by atoms with Crippen molar-refractivity contribution >= 4 is 23.1 Å². The van der Waals surface area contributed by atoms with Gasteiger partial charge in [-0.3, -0.25) is 4.79 Å². The molecule has 3 heteroatoms. The Morgan fingerprint density at radius 3 is 2.59 bits per heavy atom. The summed E-state index contributed by atoms with van der Waals surface area (Å²) < 4.78 is 0. The summed E-state index contributed by atoms with van der Waals surface area (Å²) in [6.07, 6.45) is 10.5. The number of nitrogens with zero attached hydrogens (tertiary/aromatic N) is 1. The lowest BCUT2D eigenvalue weighted by atomic mass is 9.79. The highest BCUT2D eigenvalue weighted by Gasteiger charge is 2.49. The van der Waals surface area contributed by atoms with Gasteiger partial charge in [0.2, 0.25) is 0 Å². The first-order valence-electron chi connectivity index (χ1n) is 8.53. The summed E-state index contributed by atoms with van der Waals surface area (Å²) in [4.78, 5) is 16.1. The fraction of sp³-hybridized carbons (Fsp3) is 0.526. The molecular weight excluding hydrogens is 290 g/mol. The zero-order valence-electron chi connectivity index (χ0n) is 13.4. The molecule has 1 aromatic rings. The van der Waals surface area contributed by atoms with Crippen molar-refractivity contribution in [2.45, 2.75) is 57.4 Å².